The van der Waals surface area contributed by atoms with Crippen LogP contribution in [0.2, 0.25) is 0 Å². The van der Waals surface area contributed by atoms with E-state index < -0.39 is 6.10 Å². The zero-order valence-electron chi connectivity index (χ0n) is 10.4. The molecule has 0 aliphatic rings. The highest BCUT2D eigenvalue weighted by Crippen LogP contribution is 2.20. The zero-order valence-corrected chi connectivity index (χ0v) is 11.3. The van der Waals surface area contributed by atoms with Gasteiger partial charge in [0.15, 0.2) is 5.82 Å². The monoisotopic (exact) mass is 264 g/mol. The van der Waals surface area contributed by atoms with Crippen molar-refractivity contribution in [3.63, 3.8) is 0 Å². The Morgan fingerprint density at radius 3 is 2.94 bits per heavy atom. The normalized spacial score (nSPS) is 12.6. The number of nitrogens with zero attached hydrogens (tertiary/aromatic N) is 4. The summed E-state index contributed by atoms with van der Waals surface area (Å²) in [6.07, 6.45) is -0.0214. The van der Waals surface area contributed by atoms with Crippen molar-refractivity contribution in [3.05, 3.63) is 35.7 Å². The maximum atomic E-state index is 9.90. The fourth-order valence-electron chi connectivity index (χ4n) is 1.57. The van der Waals surface area contributed by atoms with Crippen molar-refractivity contribution in [3.8, 4) is 0 Å². The molecule has 0 saturated carbocycles. The average molecular weight is 264 g/mol. The number of rotatable bonds is 5. The summed E-state index contributed by atoms with van der Waals surface area (Å²) < 4.78 is 0. The molecule has 2 rings (SSSR count). The molecular formula is C12H16N4OS. The summed E-state index contributed by atoms with van der Waals surface area (Å²) >= 11 is 1.64. The van der Waals surface area contributed by atoms with E-state index >= 15 is 0 Å². The van der Waals surface area contributed by atoms with Gasteiger partial charge in [-0.1, -0.05) is 17.7 Å². The van der Waals surface area contributed by atoms with Gasteiger partial charge in [0.25, 0.3) is 0 Å². The largest absolute Gasteiger partial charge is 0.392 e. The molecule has 6 heteroatoms. The summed E-state index contributed by atoms with van der Waals surface area (Å²) in [5.74, 6) is 1.21. The standard InChI is InChI=1S/C12H16N4OS/c1-9-4-3-5-11(6-9)18-8-10(17)7-12-13-15-16(2)14-12/h3-6,10,17H,7-8H2,1-2H3. The van der Waals surface area contributed by atoms with Crippen LogP contribution in [0.1, 0.15) is 11.4 Å². The van der Waals surface area contributed by atoms with Gasteiger partial charge in [-0.25, -0.2) is 0 Å². The van der Waals surface area contributed by atoms with Crippen molar-refractivity contribution in [2.75, 3.05) is 5.75 Å². The van der Waals surface area contributed by atoms with Gasteiger partial charge in [0, 0.05) is 17.1 Å². The van der Waals surface area contributed by atoms with Crippen molar-refractivity contribution in [1.29, 1.82) is 0 Å². The Bertz CT molecular complexity index is 514. The average Bonchev–Trinajstić information content (AvgIpc) is 2.72. The van der Waals surface area contributed by atoms with E-state index in [-0.39, 0.29) is 0 Å². The van der Waals surface area contributed by atoms with Crippen LogP contribution in [0.5, 0.6) is 0 Å². The molecular weight excluding hydrogens is 248 g/mol. The molecule has 96 valence electrons. The molecule has 0 amide bonds. The van der Waals surface area contributed by atoms with Crippen LogP contribution in [0.25, 0.3) is 0 Å². The van der Waals surface area contributed by atoms with E-state index in [1.165, 1.54) is 15.3 Å². The number of aryl methyl sites for hydroxylation is 2. The summed E-state index contributed by atoms with van der Waals surface area (Å²) in [4.78, 5) is 2.57. The Kier molecular flexibility index (Phi) is 4.33. The molecule has 18 heavy (non-hydrogen) atoms. The predicted octanol–water partition coefficient (Wildman–Crippen LogP) is 1.21. The first kappa shape index (κ1) is 13.0. The number of hydrogen-bond donors (Lipinski definition) is 1. The van der Waals surface area contributed by atoms with E-state index in [0.29, 0.717) is 18.0 Å². The van der Waals surface area contributed by atoms with Crippen LogP contribution in [0, 0.1) is 6.92 Å². The predicted molar refractivity (Wildman–Crippen MR) is 70.4 cm³/mol. The van der Waals surface area contributed by atoms with Crippen molar-refractivity contribution >= 4 is 11.8 Å². The highest BCUT2D eigenvalue weighted by atomic mass is 32.2. The van der Waals surface area contributed by atoms with Gasteiger partial charge in [-0.15, -0.1) is 22.0 Å². The molecule has 1 N–H and O–H groups in total. The highest BCUT2D eigenvalue weighted by Gasteiger charge is 2.10. The van der Waals surface area contributed by atoms with E-state index in [4.69, 9.17) is 0 Å². The number of thioether (sulfide) groups is 1. The SMILES string of the molecule is Cc1cccc(SCC(O)Cc2nnn(C)n2)c1. The van der Waals surface area contributed by atoms with Gasteiger partial charge in [0.05, 0.1) is 13.2 Å². The molecule has 0 aliphatic heterocycles. The van der Waals surface area contributed by atoms with Gasteiger partial charge in [-0.3, -0.25) is 0 Å². The van der Waals surface area contributed by atoms with E-state index in [2.05, 4.69) is 34.5 Å². The van der Waals surface area contributed by atoms with Crippen molar-refractivity contribution in [2.45, 2.75) is 24.3 Å². The third-order valence-electron chi connectivity index (χ3n) is 2.40. The Morgan fingerprint density at radius 1 is 1.44 bits per heavy atom. The molecule has 0 spiro atoms. The Hall–Kier alpha value is -1.40. The summed E-state index contributed by atoms with van der Waals surface area (Å²) in [7, 11) is 1.71. The van der Waals surface area contributed by atoms with Gasteiger partial charge in [0.1, 0.15) is 0 Å². The van der Waals surface area contributed by atoms with Gasteiger partial charge in [-0.2, -0.15) is 4.80 Å². The quantitative estimate of drug-likeness (QED) is 0.823. The molecule has 0 saturated heterocycles. The lowest BCUT2D eigenvalue weighted by Gasteiger charge is -2.08. The molecule has 0 radical (unpaired) electrons. The molecule has 0 fully saturated rings. The fourth-order valence-corrected chi connectivity index (χ4v) is 2.52. The van der Waals surface area contributed by atoms with E-state index in [0.717, 1.165) is 0 Å². The van der Waals surface area contributed by atoms with Crippen molar-refractivity contribution in [2.24, 2.45) is 7.05 Å². The first-order valence-corrected chi connectivity index (χ1v) is 6.72. The first-order chi connectivity index (χ1) is 8.63. The van der Waals surface area contributed by atoms with Gasteiger partial charge in [0.2, 0.25) is 0 Å². The number of benzene rings is 1. The third kappa shape index (κ3) is 3.82. The van der Waals surface area contributed by atoms with Crippen LogP contribution in [-0.2, 0) is 13.5 Å². The van der Waals surface area contributed by atoms with E-state index in [1.54, 1.807) is 18.8 Å². The fraction of sp³-hybridized carbons (Fsp3) is 0.417. The zero-order chi connectivity index (χ0) is 13.0. The Morgan fingerprint density at radius 2 is 2.28 bits per heavy atom. The van der Waals surface area contributed by atoms with E-state index in [9.17, 15) is 5.11 Å². The summed E-state index contributed by atoms with van der Waals surface area (Å²) in [5.41, 5.74) is 1.23. The summed E-state index contributed by atoms with van der Waals surface area (Å²) in [5, 5.41) is 21.5. The molecule has 2 aromatic rings. The lowest BCUT2D eigenvalue weighted by molar-refractivity contribution is 0.197. The Labute approximate surface area is 110 Å². The molecule has 1 unspecified atom stereocenters. The highest BCUT2D eigenvalue weighted by molar-refractivity contribution is 7.99. The van der Waals surface area contributed by atoms with Crippen LogP contribution in [0.15, 0.2) is 29.2 Å². The van der Waals surface area contributed by atoms with E-state index in [1.807, 2.05) is 12.1 Å². The molecule has 1 aromatic heterocycles. The van der Waals surface area contributed by atoms with Gasteiger partial charge >= 0.3 is 0 Å². The van der Waals surface area contributed by atoms with Gasteiger partial charge in [-0.05, 0) is 24.3 Å². The number of aliphatic hydroxyl groups is 1. The lowest BCUT2D eigenvalue weighted by Crippen LogP contribution is -2.14. The molecule has 1 aromatic carbocycles. The number of aliphatic hydroxyl groups excluding tert-OH is 1. The molecule has 1 heterocycles. The minimum absolute atomic E-state index is 0.437. The second-order valence-electron chi connectivity index (χ2n) is 4.18. The Balaban J connectivity index is 1.83. The van der Waals surface area contributed by atoms with Crippen LogP contribution in [-0.4, -0.2) is 37.2 Å². The van der Waals surface area contributed by atoms with Crippen LogP contribution in [0.4, 0.5) is 0 Å². The van der Waals surface area contributed by atoms with Crippen LogP contribution in [0.3, 0.4) is 0 Å². The van der Waals surface area contributed by atoms with Gasteiger partial charge < -0.3 is 5.11 Å². The summed E-state index contributed by atoms with van der Waals surface area (Å²) in [6, 6.07) is 8.24. The lowest BCUT2D eigenvalue weighted by atomic mass is 10.2. The minimum Gasteiger partial charge on any atom is -0.392 e. The second kappa shape index (κ2) is 5.97. The second-order valence-corrected chi connectivity index (χ2v) is 5.27. The number of hydrogen-bond acceptors (Lipinski definition) is 5. The number of tetrazole rings is 1. The van der Waals surface area contributed by atoms with Crippen molar-refractivity contribution in [1.82, 2.24) is 20.2 Å². The molecule has 1 atom stereocenters. The molecule has 5 nitrogen and oxygen atoms in total. The maximum Gasteiger partial charge on any atom is 0.177 e. The number of aromatic nitrogens is 4. The van der Waals surface area contributed by atoms with Crippen LogP contribution < -0.4 is 0 Å². The van der Waals surface area contributed by atoms with Crippen molar-refractivity contribution < 1.29 is 5.11 Å². The molecule has 0 aliphatic carbocycles. The topological polar surface area (TPSA) is 63.8 Å². The van der Waals surface area contributed by atoms with Crippen LogP contribution >= 0.6 is 11.8 Å². The maximum absolute atomic E-state index is 9.90. The smallest absolute Gasteiger partial charge is 0.177 e. The third-order valence-corrected chi connectivity index (χ3v) is 3.54. The molecule has 0 bridgehead atoms. The summed E-state index contributed by atoms with van der Waals surface area (Å²) in [6.45, 7) is 2.06. The first-order valence-electron chi connectivity index (χ1n) is 5.74. The minimum atomic E-state index is -0.459.